The molecule has 1 amide bonds. The smallest absolute Gasteiger partial charge is 0.220 e. The van der Waals surface area contributed by atoms with E-state index in [0.29, 0.717) is 12.3 Å². The minimum Gasteiger partial charge on any atom is -0.350 e. The first-order chi connectivity index (χ1) is 8.02. The molecule has 0 saturated heterocycles. The minimum atomic E-state index is 0.0931. The van der Waals surface area contributed by atoms with E-state index in [1.807, 2.05) is 13.8 Å². The quantitative estimate of drug-likeness (QED) is 0.829. The van der Waals surface area contributed by atoms with Crippen molar-refractivity contribution in [2.45, 2.75) is 46.6 Å². The fourth-order valence-electron chi connectivity index (χ4n) is 1.84. The maximum Gasteiger partial charge on any atom is 0.220 e. The molecular weight excluding hydrogens is 210 g/mol. The third-order valence-electron chi connectivity index (χ3n) is 2.82. The Morgan fingerprint density at radius 1 is 1.18 bits per heavy atom. The van der Waals surface area contributed by atoms with E-state index in [-0.39, 0.29) is 11.9 Å². The van der Waals surface area contributed by atoms with Crippen LogP contribution in [0.1, 0.15) is 51.3 Å². The van der Waals surface area contributed by atoms with Crippen molar-refractivity contribution in [1.82, 2.24) is 5.32 Å². The van der Waals surface area contributed by atoms with Crippen molar-refractivity contribution in [1.29, 1.82) is 0 Å². The van der Waals surface area contributed by atoms with Gasteiger partial charge in [-0.1, -0.05) is 45.0 Å². The highest BCUT2D eigenvalue weighted by atomic mass is 16.1. The van der Waals surface area contributed by atoms with Gasteiger partial charge in [-0.25, -0.2) is 0 Å². The second-order valence-corrected chi connectivity index (χ2v) is 4.98. The van der Waals surface area contributed by atoms with E-state index in [0.717, 1.165) is 6.42 Å². The summed E-state index contributed by atoms with van der Waals surface area (Å²) >= 11 is 0. The molecule has 0 bridgehead atoms. The predicted molar refractivity (Wildman–Crippen MR) is 71.8 cm³/mol. The molecule has 2 heteroatoms. The molecule has 0 aromatic heterocycles. The third kappa shape index (κ3) is 4.59. The highest BCUT2D eigenvalue weighted by Crippen LogP contribution is 2.15. The van der Waals surface area contributed by atoms with Crippen LogP contribution in [-0.2, 0) is 11.2 Å². The van der Waals surface area contributed by atoms with E-state index >= 15 is 0 Å². The molecule has 0 aliphatic heterocycles. The van der Waals surface area contributed by atoms with Crippen molar-refractivity contribution in [2.75, 3.05) is 0 Å². The van der Waals surface area contributed by atoms with Crippen molar-refractivity contribution >= 4 is 5.91 Å². The van der Waals surface area contributed by atoms with Gasteiger partial charge >= 0.3 is 0 Å². The van der Waals surface area contributed by atoms with Gasteiger partial charge in [0.25, 0.3) is 0 Å². The van der Waals surface area contributed by atoms with E-state index in [4.69, 9.17) is 0 Å². The average Bonchev–Trinajstić information content (AvgIpc) is 2.28. The second kappa shape index (κ2) is 6.43. The van der Waals surface area contributed by atoms with Crippen molar-refractivity contribution < 1.29 is 4.79 Å². The maximum absolute atomic E-state index is 11.3. The summed E-state index contributed by atoms with van der Waals surface area (Å²) in [6, 6.07) is 8.63. The summed E-state index contributed by atoms with van der Waals surface area (Å²) in [7, 11) is 0. The molecule has 0 heterocycles. The fraction of sp³-hybridized carbons (Fsp3) is 0.533. The van der Waals surface area contributed by atoms with E-state index in [1.54, 1.807) is 0 Å². The van der Waals surface area contributed by atoms with Crippen molar-refractivity contribution in [3.05, 3.63) is 35.4 Å². The van der Waals surface area contributed by atoms with Gasteiger partial charge in [0.1, 0.15) is 0 Å². The second-order valence-electron chi connectivity index (χ2n) is 4.98. The standard InChI is InChI=1S/C15H23NO/c1-5-15(17)16-12(4)14-8-6-13(7-9-14)10-11(2)3/h6-9,11-12H,5,10H2,1-4H3,(H,16,17). The maximum atomic E-state index is 11.3. The molecule has 0 radical (unpaired) electrons. The lowest BCUT2D eigenvalue weighted by atomic mass is 10.00. The summed E-state index contributed by atoms with van der Waals surface area (Å²) in [6.07, 6.45) is 1.64. The predicted octanol–water partition coefficient (Wildman–Crippen LogP) is 3.47. The Kier molecular flexibility index (Phi) is 5.20. The molecule has 17 heavy (non-hydrogen) atoms. The van der Waals surface area contributed by atoms with Gasteiger partial charge in [0.15, 0.2) is 0 Å². The van der Waals surface area contributed by atoms with Gasteiger partial charge in [-0.3, -0.25) is 4.79 Å². The van der Waals surface area contributed by atoms with Crippen LogP contribution in [0.25, 0.3) is 0 Å². The summed E-state index contributed by atoms with van der Waals surface area (Å²) in [5.41, 5.74) is 2.53. The average molecular weight is 233 g/mol. The summed E-state index contributed by atoms with van der Waals surface area (Å²) in [5, 5.41) is 2.97. The number of carbonyl (C=O) groups is 1. The molecule has 1 atom stereocenters. The minimum absolute atomic E-state index is 0.0931. The lowest BCUT2D eigenvalue weighted by molar-refractivity contribution is -0.121. The number of carbonyl (C=O) groups excluding carboxylic acids is 1. The van der Waals surface area contributed by atoms with Crippen LogP contribution in [0.4, 0.5) is 0 Å². The van der Waals surface area contributed by atoms with Gasteiger partial charge < -0.3 is 5.32 Å². The van der Waals surface area contributed by atoms with Crippen LogP contribution in [0.3, 0.4) is 0 Å². The molecule has 0 spiro atoms. The SMILES string of the molecule is CCC(=O)NC(C)c1ccc(CC(C)C)cc1. The number of amides is 1. The van der Waals surface area contributed by atoms with Crippen molar-refractivity contribution in [2.24, 2.45) is 5.92 Å². The molecule has 94 valence electrons. The van der Waals surface area contributed by atoms with Crippen molar-refractivity contribution in [3.8, 4) is 0 Å². The molecule has 0 aliphatic rings. The van der Waals surface area contributed by atoms with Crippen LogP contribution in [0.2, 0.25) is 0 Å². The first-order valence-electron chi connectivity index (χ1n) is 6.41. The zero-order valence-electron chi connectivity index (χ0n) is 11.3. The Balaban J connectivity index is 2.63. The molecule has 1 rings (SSSR count). The zero-order valence-corrected chi connectivity index (χ0v) is 11.3. The third-order valence-corrected chi connectivity index (χ3v) is 2.82. The first-order valence-corrected chi connectivity index (χ1v) is 6.41. The van der Waals surface area contributed by atoms with E-state index in [2.05, 4.69) is 43.4 Å². The summed E-state index contributed by atoms with van der Waals surface area (Å²) in [4.78, 5) is 11.3. The Morgan fingerprint density at radius 2 is 1.76 bits per heavy atom. The Bertz CT molecular complexity index is 354. The van der Waals surface area contributed by atoms with Gasteiger partial charge in [0.05, 0.1) is 6.04 Å². The van der Waals surface area contributed by atoms with Crippen LogP contribution in [0.5, 0.6) is 0 Å². The lowest BCUT2D eigenvalue weighted by Crippen LogP contribution is -2.25. The number of hydrogen-bond acceptors (Lipinski definition) is 1. The van der Waals surface area contributed by atoms with Gasteiger partial charge in [0.2, 0.25) is 5.91 Å². The molecule has 1 unspecified atom stereocenters. The summed E-state index contributed by atoms with van der Waals surface area (Å²) in [6.45, 7) is 8.33. The van der Waals surface area contributed by atoms with Gasteiger partial charge in [-0.15, -0.1) is 0 Å². The zero-order chi connectivity index (χ0) is 12.8. The van der Waals surface area contributed by atoms with E-state index in [9.17, 15) is 4.79 Å². The first kappa shape index (κ1) is 13.8. The molecule has 1 aromatic rings. The van der Waals surface area contributed by atoms with E-state index in [1.165, 1.54) is 11.1 Å². The van der Waals surface area contributed by atoms with Crippen LogP contribution in [0, 0.1) is 5.92 Å². The van der Waals surface area contributed by atoms with Crippen molar-refractivity contribution in [3.63, 3.8) is 0 Å². The molecule has 2 nitrogen and oxygen atoms in total. The van der Waals surface area contributed by atoms with Crippen LogP contribution < -0.4 is 5.32 Å². The van der Waals surface area contributed by atoms with Crippen LogP contribution in [-0.4, -0.2) is 5.91 Å². The monoisotopic (exact) mass is 233 g/mol. The summed E-state index contributed by atoms with van der Waals surface area (Å²) < 4.78 is 0. The number of nitrogens with one attached hydrogen (secondary N) is 1. The Labute approximate surface area is 104 Å². The molecular formula is C15H23NO. The normalized spacial score (nSPS) is 12.5. The Morgan fingerprint density at radius 3 is 2.24 bits per heavy atom. The molecule has 0 aliphatic carbocycles. The molecule has 0 saturated carbocycles. The number of rotatable bonds is 5. The highest BCUT2D eigenvalue weighted by molar-refractivity contribution is 5.75. The van der Waals surface area contributed by atoms with Crippen LogP contribution >= 0.6 is 0 Å². The number of hydrogen-bond donors (Lipinski definition) is 1. The van der Waals surface area contributed by atoms with Gasteiger partial charge in [0, 0.05) is 6.42 Å². The lowest BCUT2D eigenvalue weighted by Gasteiger charge is -2.14. The van der Waals surface area contributed by atoms with Crippen LogP contribution in [0.15, 0.2) is 24.3 Å². The van der Waals surface area contributed by atoms with E-state index < -0.39 is 0 Å². The largest absolute Gasteiger partial charge is 0.350 e. The summed E-state index contributed by atoms with van der Waals surface area (Å²) in [5.74, 6) is 0.779. The molecule has 1 N–H and O–H groups in total. The number of benzene rings is 1. The fourth-order valence-corrected chi connectivity index (χ4v) is 1.84. The highest BCUT2D eigenvalue weighted by Gasteiger charge is 2.07. The molecule has 1 aromatic carbocycles. The topological polar surface area (TPSA) is 29.1 Å². The Hall–Kier alpha value is -1.31. The molecule has 0 fully saturated rings. The van der Waals surface area contributed by atoms with Gasteiger partial charge in [-0.05, 0) is 30.4 Å². The van der Waals surface area contributed by atoms with Gasteiger partial charge in [-0.2, -0.15) is 0 Å².